The van der Waals surface area contributed by atoms with Crippen molar-refractivity contribution in [2.45, 2.75) is 38.6 Å². The second-order valence-corrected chi connectivity index (χ2v) is 5.02. The summed E-state index contributed by atoms with van der Waals surface area (Å²) in [7, 11) is 0. The van der Waals surface area contributed by atoms with Crippen LogP contribution >= 0.6 is 0 Å². The van der Waals surface area contributed by atoms with Crippen LogP contribution in [0.15, 0.2) is 16.5 Å². The van der Waals surface area contributed by atoms with Gasteiger partial charge in [0.2, 0.25) is 0 Å². The van der Waals surface area contributed by atoms with E-state index in [4.69, 9.17) is 10.2 Å². The molecule has 0 bridgehead atoms. The molecule has 82 valence electrons. The van der Waals surface area contributed by atoms with Gasteiger partial charge in [-0.2, -0.15) is 0 Å². The lowest BCUT2D eigenvalue weighted by Gasteiger charge is -2.10. The molecule has 0 radical (unpaired) electrons. The Kier molecular flexibility index (Phi) is 2.13. The summed E-state index contributed by atoms with van der Waals surface area (Å²) in [5.74, 6) is 4.61. The summed E-state index contributed by atoms with van der Waals surface area (Å²) in [6.45, 7) is 2.11. The molecule has 0 aromatic carbocycles. The quantitative estimate of drug-likeness (QED) is 0.824. The molecule has 2 aliphatic carbocycles. The summed E-state index contributed by atoms with van der Waals surface area (Å²) in [5, 5.41) is 0. The smallest absolute Gasteiger partial charge is 0.121 e. The van der Waals surface area contributed by atoms with Crippen molar-refractivity contribution in [2.75, 3.05) is 0 Å². The van der Waals surface area contributed by atoms with Gasteiger partial charge in [-0.15, -0.1) is 0 Å². The van der Waals surface area contributed by atoms with Crippen LogP contribution in [0, 0.1) is 17.8 Å². The molecule has 2 fully saturated rings. The molecule has 0 saturated heterocycles. The van der Waals surface area contributed by atoms with Crippen molar-refractivity contribution in [3.05, 3.63) is 23.7 Å². The number of nitrogens with two attached hydrogens (primary N) is 1. The normalized spacial score (nSPS) is 35.2. The van der Waals surface area contributed by atoms with E-state index in [1.807, 2.05) is 0 Å². The number of fused-ring (bicyclic) bond motifs is 1. The summed E-state index contributed by atoms with van der Waals surface area (Å²) in [4.78, 5) is 0. The lowest BCUT2D eigenvalue weighted by molar-refractivity contribution is 0.390. The number of hydrogen-bond donors (Lipinski definition) is 1. The van der Waals surface area contributed by atoms with Crippen LogP contribution in [0.5, 0.6) is 0 Å². The molecule has 2 saturated carbocycles. The van der Waals surface area contributed by atoms with Crippen LogP contribution in [-0.4, -0.2) is 0 Å². The zero-order valence-corrected chi connectivity index (χ0v) is 9.28. The minimum absolute atomic E-state index is 0.153. The molecule has 1 aromatic heterocycles. The van der Waals surface area contributed by atoms with Crippen molar-refractivity contribution in [1.29, 1.82) is 0 Å². The summed E-state index contributed by atoms with van der Waals surface area (Å²) in [6, 6.07) is 4.28. The van der Waals surface area contributed by atoms with E-state index in [2.05, 4.69) is 19.1 Å². The number of hydrogen-bond acceptors (Lipinski definition) is 2. The van der Waals surface area contributed by atoms with Gasteiger partial charge in [-0.25, -0.2) is 0 Å². The van der Waals surface area contributed by atoms with E-state index in [0.717, 1.165) is 35.7 Å². The molecule has 2 aliphatic rings. The molecule has 1 heterocycles. The fourth-order valence-electron chi connectivity index (χ4n) is 3.36. The standard InChI is InChI=1S/C13H19NO/c1-2-8-6-7-11(15-8)13(14)12-9-4-3-5-10(9)12/h6-7,9-10,12-13H,2-5,14H2,1H3. The highest BCUT2D eigenvalue weighted by atomic mass is 16.3. The lowest BCUT2D eigenvalue weighted by atomic mass is 10.0. The summed E-state index contributed by atoms with van der Waals surface area (Å²) < 4.78 is 5.74. The highest BCUT2D eigenvalue weighted by molar-refractivity contribution is 5.17. The molecule has 0 spiro atoms. The Morgan fingerprint density at radius 2 is 2.13 bits per heavy atom. The van der Waals surface area contributed by atoms with Crippen molar-refractivity contribution in [2.24, 2.45) is 23.5 Å². The first-order valence-corrected chi connectivity index (χ1v) is 6.15. The van der Waals surface area contributed by atoms with Crippen LogP contribution in [-0.2, 0) is 6.42 Å². The van der Waals surface area contributed by atoms with Crippen LogP contribution in [0.4, 0.5) is 0 Å². The Bertz CT molecular complexity index is 347. The largest absolute Gasteiger partial charge is 0.464 e. The molecule has 3 atom stereocenters. The van der Waals surface area contributed by atoms with Crippen molar-refractivity contribution in [3.8, 4) is 0 Å². The van der Waals surface area contributed by atoms with Gasteiger partial charge in [0.1, 0.15) is 11.5 Å². The number of rotatable bonds is 3. The van der Waals surface area contributed by atoms with E-state index >= 15 is 0 Å². The molecule has 2 nitrogen and oxygen atoms in total. The molecule has 3 unspecified atom stereocenters. The Labute approximate surface area is 90.8 Å². The molecule has 0 amide bonds. The van der Waals surface area contributed by atoms with Gasteiger partial charge in [-0.05, 0) is 42.7 Å². The third-order valence-corrected chi connectivity index (χ3v) is 4.25. The number of furan rings is 1. The van der Waals surface area contributed by atoms with Gasteiger partial charge in [0.15, 0.2) is 0 Å². The van der Waals surface area contributed by atoms with E-state index in [1.54, 1.807) is 0 Å². The van der Waals surface area contributed by atoms with E-state index in [-0.39, 0.29) is 6.04 Å². The molecule has 15 heavy (non-hydrogen) atoms. The zero-order valence-electron chi connectivity index (χ0n) is 9.28. The molecular weight excluding hydrogens is 186 g/mol. The SMILES string of the molecule is CCc1ccc(C(N)C2C3CCCC32)o1. The van der Waals surface area contributed by atoms with Crippen molar-refractivity contribution >= 4 is 0 Å². The van der Waals surface area contributed by atoms with E-state index in [9.17, 15) is 0 Å². The Morgan fingerprint density at radius 3 is 2.73 bits per heavy atom. The van der Waals surface area contributed by atoms with Crippen LogP contribution in [0.25, 0.3) is 0 Å². The van der Waals surface area contributed by atoms with E-state index in [0.29, 0.717) is 0 Å². The minimum atomic E-state index is 0.153. The average molecular weight is 205 g/mol. The van der Waals surface area contributed by atoms with Gasteiger partial charge >= 0.3 is 0 Å². The predicted octanol–water partition coefficient (Wildman–Crippen LogP) is 2.89. The van der Waals surface area contributed by atoms with Gasteiger partial charge in [-0.3, -0.25) is 0 Å². The minimum Gasteiger partial charge on any atom is -0.464 e. The van der Waals surface area contributed by atoms with Crippen LogP contribution in [0.1, 0.15) is 43.7 Å². The average Bonchev–Trinajstić information content (AvgIpc) is 2.73. The zero-order chi connectivity index (χ0) is 10.4. The summed E-state index contributed by atoms with van der Waals surface area (Å²) in [5.41, 5.74) is 6.26. The lowest BCUT2D eigenvalue weighted by Crippen LogP contribution is -2.14. The summed E-state index contributed by atoms with van der Waals surface area (Å²) in [6.07, 6.45) is 5.16. The molecule has 1 aromatic rings. The first-order valence-electron chi connectivity index (χ1n) is 6.15. The first kappa shape index (κ1) is 9.46. The number of aryl methyl sites for hydroxylation is 1. The van der Waals surface area contributed by atoms with E-state index in [1.165, 1.54) is 19.3 Å². The van der Waals surface area contributed by atoms with Gasteiger partial charge in [0.05, 0.1) is 6.04 Å². The van der Waals surface area contributed by atoms with Gasteiger partial charge in [0, 0.05) is 6.42 Å². The molecule has 2 heteroatoms. The predicted molar refractivity (Wildman–Crippen MR) is 59.3 cm³/mol. The molecule has 3 rings (SSSR count). The molecule has 0 aliphatic heterocycles. The fraction of sp³-hybridized carbons (Fsp3) is 0.692. The van der Waals surface area contributed by atoms with E-state index < -0.39 is 0 Å². The van der Waals surface area contributed by atoms with Crippen molar-refractivity contribution in [3.63, 3.8) is 0 Å². The first-order chi connectivity index (χ1) is 7.31. The second kappa shape index (κ2) is 3.38. The fourth-order valence-corrected chi connectivity index (χ4v) is 3.36. The Balaban J connectivity index is 1.72. The maximum Gasteiger partial charge on any atom is 0.121 e. The summed E-state index contributed by atoms with van der Waals surface area (Å²) >= 11 is 0. The highest BCUT2D eigenvalue weighted by Gasteiger charge is 2.55. The molecule has 2 N–H and O–H groups in total. The maximum absolute atomic E-state index is 6.26. The third-order valence-electron chi connectivity index (χ3n) is 4.25. The van der Waals surface area contributed by atoms with Crippen LogP contribution in [0.2, 0.25) is 0 Å². The second-order valence-electron chi connectivity index (χ2n) is 5.02. The topological polar surface area (TPSA) is 39.2 Å². The highest BCUT2D eigenvalue weighted by Crippen LogP contribution is 2.61. The van der Waals surface area contributed by atoms with Crippen LogP contribution in [0.3, 0.4) is 0 Å². The monoisotopic (exact) mass is 205 g/mol. The van der Waals surface area contributed by atoms with Crippen molar-refractivity contribution in [1.82, 2.24) is 0 Å². The van der Waals surface area contributed by atoms with Crippen LogP contribution < -0.4 is 5.73 Å². The Morgan fingerprint density at radius 1 is 1.40 bits per heavy atom. The van der Waals surface area contributed by atoms with Crippen molar-refractivity contribution < 1.29 is 4.42 Å². The van der Waals surface area contributed by atoms with Gasteiger partial charge < -0.3 is 10.2 Å². The maximum atomic E-state index is 6.26. The molecular formula is C13H19NO. The van der Waals surface area contributed by atoms with Gasteiger partial charge in [0.25, 0.3) is 0 Å². The van der Waals surface area contributed by atoms with Gasteiger partial charge in [-0.1, -0.05) is 13.3 Å². The Hall–Kier alpha value is -0.760. The third kappa shape index (κ3) is 1.43.